The van der Waals surface area contributed by atoms with E-state index in [0.717, 1.165) is 30.5 Å². The molecule has 0 saturated carbocycles. The molecule has 3 heteroatoms. The molecule has 108 valence electrons. The van der Waals surface area contributed by atoms with Gasteiger partial charge >= 0.3 is 0 Å². The summed E-state index contributed by atoms with van der Waals surface area (Å²) < 4.78 is 13.5. The van der Waals surface area contributed by atoms with Crippen molar-refractivity contribution in [1.82, 2.24) is 0 Å². The topological polar surface area (TPSA) is 20.3 Å². The lowest BCUT2D eigenvalue weighted by Crippen LogP contribution is -2.46. The molecule has 1 saturated heterocycles. The first-order chi connectivity index (χ1) is 9.79. The predicted molar refractivity (Wildman–Crippen MR) is 78.5 cm³/mol. The summed E-state index contributed by atoms with van der Waals surface area (Å²) in [5.41, 5.74) is 2.15. The van der Waals surface area contributed by atoms with Crippen molar-refractivity contribution >= 4 is 12.0 Å². The number of hydrogen-bond acceptors (Lipinski definition) is 2. The highest BCUT2D eigenvalue weighted by molar-refractivity contribution is 5.65. The van der Waals surface area contributed by atoms with Crippen LogP contribution in [0.3, 0.4) is 0 Å². The SMILES string of the molecule is O=C[C@@H]1Cc2cc(F)ccc2N2CCCCCCC[C@@H]12. The molecule has 2 nitrogen and oxygen atoms in total. The third kappa shape index (κ3) is 2.58. The average Bonchev–Trinajstić information content (AvgIpc) is 2.57. The molecular weight excluding hydrogens is 253 g/mol. The Balaban J connectivity index is 1.97. The molecule has 0 aromatic heterocycles. The van der Waals surface area contributed by atoms with Crippen LogP contribution >= 0.6 is 0 Å². The third-order valence-electron chi connectivity index (χ3n) is 4.77. The number of halogens is 1. The summed E-state index contributed by atoms with van der Waals surface area (Å²) in [4.78, 5) is 13.9. The van der Waals surface area contributed by atoms with Gasteiger partial charge in [0.25, 0.3) is 0 Å². The summed E-state index contributed by atoms with van der Waals surface area (Å²) >= 11 is 0. The molecule has 0 aliphatic carbocycles. The number of hydrogen-bond donors (Lipinski definition) is 0. The van der Waals surface area contributed by atoms with Gasteiger partial charge in [0.15, 0.2) is 0 Å². The van der Waals surface area contributed by atoms with Gasteiger partial charge < -0.3 is 9.69 Å². The second-order valence-electron chi connectivity index (χ2n) is 6.09. The molecule has 0 N–H and O–H groups in total. The maximum atomic E-state index is 13.5. The highest BCUT2D eigenvalue weighted by Gasteiger charge is 2.33. The number of aldehydes is 1. The van der Waals surface area contributed by atoms with Crippen LogP contribution in [0.1, 0.15) is 44.1 Å². The molecule has 0 bridgehead atoms. The Morgan fingerprint density at radius 1 is 1.15 bits per heavy atom. The smallest absolute Gasteiger partial charge is 0.125 e. The Kier molecular flexibility index (Phi) is 4.04. The molecule has 2 heterocycles. The molecule has 1 fully saturated rings. The standard InChI is InChI=1S/C17H22FNO/c18-15-7-8-17-13(11-15)10-14(12-20)16-6-4-2-1-3-5-9-19(16)17/h7-8,11-12,14,16H,1-6,9-10H2/t14-,16-/m0/s1. The van der Waals surface area contributed by atoms with Crippen LogP contribution in [-0.2, 0) is 11.2 Å². The summed E-state index contributed by atoms with van der Waals surface area (Å²) in [6.07, 6.45) is 9.04. The number of fused-ring (bicyclic) bond motifs is 3. The number of nitrogens with zero attached hydrogens (tertiary/aromatic N) is 1. The van der Waals surface area contributed by atoms with Gasteiger partial charge in [0.2, 0.25) is 0 Å². The fraction of sp³-hybridized carbons (Fsp3) is 0.588. The lowest BCUT2D eigenvalue weighted by Gasteiger charge is -2.42. The third-order valence-corrected chi connectivity index (χ3v) is 4.77. The fourth-order valence-corrected chi connectivity index (χ4v) is 3.76. The van der Waals surface area contributed by atoms with E-state index in [1.54, 1.807) is 12.1 Å². The maximum absolute atomic E-state index is 13.5. The van der Waals surface area contributed by atoms with Crippen LogP contribution < -0.4 is 4.90 Å². The van der Waals surface area contributed by atoms with Crippen LogP contribution in [0.5, 0.6) is 0 Å². The maximum Gasteiger partial charge on any atom is 0.125 e. The second-order valence-corrected chi connectivity index (χ2v) is 6.09. The van der Waals surface area contributed by atoms with Gasteiger partial charge in [-0.15, -0.1) is 0 Å². The molecule has 1 aromatic rings. The number of rotatable bonds is 1. The van der Waals surface area contributed by atoms with E-state index in [1.165, 1.54) is 32.1 Å². The highest BCUT2D eigenvalue weighted by atomic mass is 19.1. The van der Waals surface area contributed by atoms with Gasteiger partial charge in [0.05, 0.1) is 0 Å². The molecule has 20 heavy (non-hydrogen) atoms. The molecule has 1 aromatic carbocycles. The van der Waals surface area contributed by atoms with Gasteiger partial charge in [-0.05, 0) is 43.0 Å². The van der Waals surface area contributed by atoms with Crippen molar-refractivity contribution in [2.75, 3.05) is 11.4 Å². The van der Waals surface area contributed by atoms with Crippen molar-refractivity contribution < 1.29 is 9.18 Å². The quantitative estimate of drug-likeness (QED) is 0.728. The molecule has 2 aliphatic rings. The van der Waals surface area contributed by atoms with Crippen molar-refractivity contribution in [2.24, 2.45) is 5.92 Å². The summed E-state index contributed by atoms with van der Waals surface area (Å²) in [5.74, 6) is -0.182. The van der Waals surface area contributed by atoms with Crippen LogP contribution in [0.2, 0.25) is 0 Å². The minimum atomic E-state index is -0.198. The lowest BCUT2D eigenvalue weighted by molar-refractivity contribution is -0.111. The zero-order valence-corrected chi connectivity index (χ0v) is 11.9. The van der Waals surface area contributed by atoms with Crippen LogP contribution in [-0.4, -0.2) is 18.9 Å². The Labute approximate surface area is 120 Å². The van der Waals surface area contributed by atoms with Gasteiger partial charge in [-0.1, -0.05) is 25.7 Å². The molecule has 0 amide bonds. The van der Waals surface area contributed by atoms with Crippen molar-refractivity contribution in [3.8, 4) is 0 Å². The van der Waals surface area contributed by atoms with Gasteiger partial charge in [-0.25, -0.2) is 4.39 Å². The van der Waals surface area contributed by atoms with E-state index in [2.05, 4.69) is 4.90 Å². The van der Waals surface area contributed by atoms with E-state index >= 15 is 0 Å². The van der Waals surface area contributed by atoms with Crippen LogP contribution in [0.4, 0.5) is 10.1 Å². The first-order valence-electron chi connectivity index (χ1n) is 7.80. The molecule has 2 aliphatic heterocycles. The van der Waals surface area contributed by atoms with Crippen LogP contribution in [0.25, 0.3) is 0 Å². The normalized spacial score (nSPS) is 26.8. The van der Waals surface area contributed by atoms with Crippen LogP contribution in [0, 0.1) is 11.7 Å². The average molecular weight is 275 g/mol. The highest BCUT2D eigenvalue weighted by Crippen LogP contribution is 2.36. The molecule has 0 radical (unpaired) electrons. The fourth-order valence-electron chi connectivity index (χ4n) is 3.76. The molecule has 2 atom stereocenters. The van der Waals surface area contributed by atoms with Gasteiger partial charge in [0, 0.05) is 24.2 Å². The zero-order valence-electron chi connectivity index (χ0n) is 11.9. The van der Waals surface area contributed by atoms with E-state index in [9.17, 15) is 9.18 Å². The van der Waals surface area contributed by atoms with E-state index in [-0.39, 0.29) is 11.7 Å². The predicted octanol–water partition coefficient (Wildman–Crippen LogP) is 3.73. The largest absolute Gasteiger partial charge is 0.368 e. The number of benzene rings is 1. The van der Waals surface area contributed by atoms with E-state index in [4.69, 9.17) is 0 Å². The summed E-state index contributed by atoms with van der Waals surface area (Å²) in [7, 11) is 0. The second kappa shape index (κ2) is 5.94. The first-order valence-corrected chi connectivity index (χ1v) is 7.80. The van der Waals surface area contributed by atoms with Crippen molar-refractivity contribution in [1.29, 1.82) is 0 Å². The van der Waals surface area contributed by atoms with E-state index in [0.29, 0.717) is 12.5 Å². The van der Waals surface area contributed by atoms with Crippen molar-refractivity contribution in [3.05, 3.63) is 29.6 Å². The molecule has 0 unspecified atom stereocenters. The van der Waals surface area contributed by atoms with Gasteiger partial charge in [-0.3, -0.25) is 0 Å². The Morgan fingerprint density at radius 3 is 2.80 bits per heavy atom. The van der Waals surface area contributed by atoms with Crippen molar-refractivity contribution in [2.45, 2.75) is 51.0 Å². The molecule has 0 spiro atoms. The minimum absolute atomic E-state index is 0.0161. The first kappa shape index (κ1) is 13.6. The summed E-state index contributed by atoms with van der Waals surface area (Å²) in [6, 6.07) is 5.36. The minimum Gasteiger partial charge on any atom is -0.368 e. The van der Waals surface area contributed by atoms with Crippen LogP contribution in [0.15, 0.2) is 18.2 Å². The monoisotopic (exact) mass is 275 g/mol. The van der Waals surface area contributed by atoms with Gasteiger partial charge in [-0.2, -0.15) is 0 Å². The number of carbonyl (C=O) groups excluding carboxylic acids is 1. The van der Waals surface area contributed by atoms with Gasteiger partial charge in [0.1, 0.15) is 12.1 Å². The summed E-state index contributed by atoms with van der Waals surface area (Å²) in [6.45, 7) is 0.994. The zero-order chi connectivity index (χ0) is 13.9. The van der Waals surface area contributed by atoms with E-state index < -0.39 is 0 Å². The lowest BCUT2D eigenvalue weighted by atomic mass is 9.84. The Hall–Kier alpha value is -1.38. The van der Waals surface area contributed by atoms with Crippen molar-refractivity contribution in [3.63, 3.8) is 0 Å². The number of anilines is 1. The Morgan fingerprint density at radius 2 is 1.95 bits per heavy atom. The number of carbonyl (C=O) groups is 1. The molecule has 3 rings (SSSR count). The molecular formula is C17H22FNO. The summed E-state index contributed by atoms with van der Waals surface area (Å²) in [5, 5.41) is 0. The Bertz CT molecular complexity index is 488. The van der Waals surface area contributed by atoms with E-state index in [1.807, 2.05) is 6.07 Å².